The minimum atomic E-state index is 0.312. The molecule has 1 atom stereocenters. The van der Waals surface area contributed by atoms with Crippen molar-refractivity contribution in [2.75, 3.05) is 30.8 Å². The Labute approximate surface area is 155 Å². The van der Waals surface area contributed by atoms with Crippen molar-refractivity contribution in [3.8, 4) is 0 Å². The molecule has 1 aliphatic rings. The van der Waals surface area contributed by atoms with Crippen LogP contribution in [0, 0.1) is 0 Å². The van der Waals surface area contributed by atoms with Gasteiger partial charge >= 0.3 is 0 Å². The fourth-order valence-electron chi connectivity index (χ4n) is 3.23. The predicted octanol–water partition coefficient (Wildman–Crippen LogP) is 3.02. The normalized spacial score (nSPS) is 18.8. The van der Waals surface area contributed by atoms with Crippen molar-refractivity contribution >= 4 is 40.5 Å². The molecule has 0 radical (unpaired) electrons. The number of aromatic amines is 1. The first-order chi connectivity index (χ1) is 12.2. The fourth-order valence-corrected chi connectivity index (χ4v) is 3.99. The molecule has 1 fully saturated rings. The number of hydrogen-bond donors (Lipinski definition) is 1. The first-order valence-corrected chi connectivity index (χ1v) is 9.77. The number of H-pyrrole nitrogens is 1. The predicted molar refractivity (Wildman–Crippen MR) is 103 cm³/mol. The lowest BCUT2D eigenvalue weighted by Crippen LogP contribution is -2.52. The van der Waals surface area contributed by atoms with Crippen LogP contribution in [0.4, 0.5) is 5.95 Å². The number of hydrogen-bond acceptors (Lipinski definition) is 6. The summed E-state index contributed by atoms with van der Waals surface area (Å²) in [6.45, 7) is 2.84. The van der Waals surface area contributed by atoms with E-state index in [2.05, 4.69) is 59.9 Å². The number of rotatable bonds is 4. The van der Waals surface area contributed by atoms with Crippen LogP contribution in [0.25, 0.3) is 11.0 Å². The van der Waals surface area contributed by atoms with Gasteiger partial charge < -0.3 is 4.90 Å². The van der Waals surface area contributed by atoms with Gasteiger partial charge in [-0.05, 0) is 18.2 Å². The van der Waals surface area contributed by atoms with E-state index in [1.54, 1.807) is 18.1 Å². The number of halogens is 1. The molecule has 0 bridgehead atoms. The summed E-state index contributed by atoms with van der Waals surface area (Å²) in [7, 11) is 0. The van der Waals surface area contributed by atoms with Crippen molar-refractivity contribution < 1.29 is 0 Å². The second-order valence-electron chi connectivity index (χ2n) is 6.05. The molecule has 4 rings (SSSR count). The summed E-state index contributed by atoms with van der Waals surface area (Å²) < 4.78 is 2.40. The van der Waals surface area contributed by atoms with Gasteiger partial charge in [-0.3, -0.25) is 5.10 Å². The van der Waals surface area contributed by atoms with Gasteiger partial charge in [0.2, 0.25) is 5.95 Å². The fraction of sp³-hybridized carbons (Fsp3) is 0.353. The smallest absolute Gasteiger partial charge is 0.226 e. The van der Waals surface area contributed by atoms with Crippen LogP contribution < -0.4 is 4.90 Å². The van der Waals surface area contributed by atoms with E-state index in [1.807, 2.05) is 6.07 Å². The summed E-state index contributed by atoms with van der Waals surface area (Å²) in [4.78, 5) is 11.5. The Kier molecular flexibility index (Phi) is 4.78. The molecule has 0 aliphatic carbocycles. The van der Waals surface area contributed by atoms with E-state index in [4.69, 9.17) is 11.6 Å². The van der Waals surface area contributed by atoms with Crippen LogP contribution in [0.3, 0.4) is 0 Å². The van der Waals surface area contributed by atoms with E-state index < -0.39 is 0 Å². The van der Waals surface area contributed by atoms with Gasteiger partial charge in [-0.25, -0.2) is 14.3 Å². The third-order valence-corrected chi connectivity index (χ3v) is 5.63. The summed E-state index contributed by atoms with van der Waals surface area (Å²) in [6.07, 6.45) is 4.82. The molecular formula is C17H19ClN6S. The van der Waals surface area contributed by atoms with Crippen LogP contribution in [-0.4, -0.2) is 56.4 Å². The van der Waals surface area contributed by atoms with Gasteiger partial charge in [0, 0.05) is 25.7 Å². The highest BCUT2D eigenvalue weighted by Gasteiger charge is 2.29. The molecule has 0 spiro atoms. The molecule has 1 unspecified atom stereocenters. The summed E-state index contributed by atoms with van der Waals surface area (Å²) in [6, 6.07) is 10.9. The van der Waals surface area contributed by atoms with Gasteiger partial charge in [0.15, 0.2) is 5.15 Å². The van der Waals surface area contributed by atoms with Gasteiger partial charge in [-0.15, -0.1) is 0 Å². The molecule has 2 aromatic heterocycles. The van der Waals surface area contributed by atoms with Gasteiger partial charge in [0.05, 0.1) is 6.20 Å². The number of piperazine rings is 1. The zero-order valence-corrected chi connectivity index (χ0v) is 15.5. The van der Waals surface area contributed by atoms with Crippen LogP contribution >= 0.6 is 23.5 Å². The van der Waals surface area contributed by atoms with Crippen LogP contribution in [0.5, 0.6) is 0 Å². The number of fused-ring (bicyclic) bond motifs is 1. The van der Waals surface area contributed by atoms with E-state index in [0.29, 0.717) is 22.2 Å². The second-order valence-corrected chi connectivity index (χ2v) is 7.31. The quantitative estimate of drug-likeness (QED) is 0.708. The molecule has 6 nitrogen and oxygen atoms in total. The van der Waals surface area contributed by atoms with E-state index in [-0.39, 0.29) is 0 Å². The highest BCUT2D eigenvalue weighted by Crippen LogP contribution is 2.25. The summed E-state index contributed by atoms with van der Waals surface area (Å²) >= 11 is 7.95. The summed E-state index contributed by atoms with van der Waals surface area (Å²) in [5.74, 6) is 0.720. The Morgan fingerprint density at radius 3 is 2.92 bits per heavy atom. The number of nitrogens with zero attached hydrogens (tertiary/aromatic N) is 5. The Bertz CT molecular complexity index is 855. The molecule has 25 heavy (non-hydrogen) atoms. The minimum absolute atomic E-state index is 0.312. The zero-order chi connectivity index (χ0) is 17.2. The molecule has 1 aliphatic heterocycles. The topological polar surface area (TPSA) is 60.9 Å². The lowest BCUT2D eigenvalue weighted by atomic mass is 10.0. The number of anilines is 1. The molecule has 0 amide bonds. The van der Waals surface area contributed by atoms with Crippen molar-refractivity contribution in [2.24, 2.45) is 0 Å². The zero-order valence-electron chi connectivity index (χ0n) is 13.9. The van der Waals surface area contributed by atoms with Crippen molar-refractivity contribution in [2.45, 2.75) is 12.5 Å². The SMILES string of the molecule is CSN1CCN(c2ncc3n[nH]c(Cl)c3n2)C(Cc2ccccc2)C1. The summed E-state index contributed by atoms with van der Waals surface area (Å²) in [5, 5.41) is 7.32. The summed E-state index contributed by atoms with van der Waals surface area (Å²) in [5.41, 5.74) is 2.69. The maximum Gasteiger partial charge on any atom is 0.226 e. The lowest BCUT2D eigenvalue weighted by molar-refractivity contribution is 0.356. The van der Waals surface area contributed by atoms with E-state index in [1.165, 1.54) is 5.56 Å². The third kappa shape index (κ3) is 3.44. The van der Waals surface area contributed by atoms with Gasteiger partial charge in [-0.1, -0.05) is 53.9 Å². The van der Waals surface area contributed by atoms with Crippen LogP contribution in [0.15, 0.2) is 36.5 Å². The maximum absolute atomic E-state index is 6.16. The van der Waals surface area contributed by atoms with Crippen molar-refractivity contribution in [1.29, 1.82) is 0 Å². The van der Waals surface area contributed by atoms with E-state index in [9.17, 15) is 0 Å². The van der Waals surface area contributed by atoms with Crippen molar-refractivity contribution in [3.05, 3.63) is 47.2 Å². The number of benzene rings is 1. The van der Waals surface area contributed by atoms with Crippen LogP contribution in [0.1, 0.15) is 5.56 Å². The van der Waals surface area contributed by atoms with Gasteiger partial charge in [0.1, 0.15) is 11.0 Å². The van der Waals surface area contributed by atoms with Gasteiger partial charge in [-0.2, -0.15) is 5.10 Å². The molecule has 1 aromatic carbocycles. The van der Waals surface area contributed by atoms with E-state index >= 15 is 0 Å². The monoisotopic (exact) mass is 374 g/mol. The standard InChI is InChI=1S/C17H19ClN6S/c1-25-23-7-8-24(13(11-23)9-12-5-3-2-4-6-12)17-19-10-14-15(20-17)16(18)22-21-14/h2-6,10,13H,7-9,11H2,1H3,(H,21,22). The number of nitrogens with one attached hydrogen (secondary N) is 1. The molecular weight excluding hydrogens is 356 g/mol. The molecule has 3 aromatic rings. The Morgan fingerprint density at radius 1 is 1.28 bits per heavy atom. The molecule has 130 valence electrons. The Morgan fingerprint density at radius 2 is 2.12 bits per heavy atom. The highest BCUT2D eigenvalue weighted by atomic mass is 35.5. The van der Waals surface area contributed by atoms with Gasteiger partial charge in [0.25, 0.3) is 0 Å². The molecule has 8 heteroatoms. The van der Waals surface area contributed by atoms with E-state index in [0.717, 1.165) is 32.0 Å². The Hall–Kier alpha value is -1.83. The average Bonchev–Trinajstić information content (AvgIpc) is 3.03. The highest BCUT2D eigenvalue weighted by molar-refractivity contribution is 7.96. The average molecular weight is 375 g/mol. The Balaban J connectivity index is 1.65. The lowest BCUT2D eigenvalue weighted by Gasteiger charge is -2.40. The van der Waals surface area contributed by atoms with Crippen LogP contribution in [-0.2, 0) is 6.42 Å². The largest absolute Gasteiger partial charge is 0.335 e. The third-order valence-electron chi connectivity index (χ3n) is 4.51. The minimum Gasteiger partial charge on any atom is -0.335 e. The molecule has 0 saturated carbocycles. The van der Waals surface area contributed by atoms with Crippen molar-refractivity contribution in [1.82, 2.24) is 24.5 Å². The maximum atomic E-state index is 6.16. The van der Waals surface area contributed by atoms with Crippen LogP contribution in [0.2, 0.25) is 5.15 Å². The second kappa shape index (κ2) is 7.19. The molecule has 3 heterocycles. The first kappa shape index (κ1) is 16.6. The number of aromatic nitrogens is 4. The first-order valence-electron chi connectivity index (χ1n) is 8.21. The van der Waals surface area contributed by atoms with Crippen molar-refractivity contribution in [3.63, 3.8) is 0 Å². The molecule has 1 N–H and O–H groups in total. The molecule has 1 saturated heterocycles.